The smallest absolute Gasteiger partial charge is 0.417 e. The van der Waals surface area contributed by atoms with Gasteiger partial charge in [0.15, 0.2) is 0 Å². The molecule has 1 heterocycles. The summed E-state index contributed by atoms with van der Waals surface area (Å²) in [5.41, 5.74) is 0.752. The van der Waals surface area contributed by atoms with Gasteiger partial charge < -0.3 is 4.74 Å². The molecule has 0 bridgehead atoms. The van der Waals surface area contributed by atoms with Gasteiger partial charge >= 0.3 is 6.18 Å². The number of hydrogen-bond acceptors (Lipinski definition) is 4. The molecular formula is C24H25F3N2O3S. The third-order valence-corrected chi connectivity index (χ3v) is 7.04. The maximum atomic E-state index is 13.4. The lowest BCUT2D eigenvalue weighted by atomic mass is 9.90. The van der Waals surface area contributed by atoms with Crippen LogP contribution in [0.3, 0.4) is 0 Å². The third-order valence-electron chi connectivity index (χ3n) is 5.33. The summed E-state index contributed by atoms with van der Waals surface area (Å²) < 4.78 is 74.3. The lowest BCUT2D eigenvalue weighted by molar-refractivity contribution is -0.139. The van der Waals surface area contributed by atoms with Gasteiger partial charge in [0.25, 0.3) is 0 Å². The van der Waals surface area contributed by atoms with Gasteiger partial charge in [-0.25, -0.2) is 13.1 Å². The number of alkyl halides is 3. The van der Waals surface area contributed by atoms with Crippen LogP contribution in [0.2, 0.25) is 0 Å². The molecule has 1 N–H and O–H groups in total. The largest absolute Gasteiger partial charge is 0.497 e. The Morgan fingerprint density at radius 3 is 2.39 bits per heavy atom. The van der Waals surface area contributed by atoms with Crippen LogP contribution in [-0.2, 0) is 28.2 Å². The van der Waals surface area contributed by atoms with E-state index < -0.39 is 32.2 Å². The fraction of sp³-hybridized carbons (Fsp3) is 0.292. The number of methoxy groups -OCH3 is 1. The van der Waals surface area contributed by atoms with E-state index in [1.54, 1.807) is 38.4 Å². The minimum atomic E-state index is -4.81. The van der Waals surface area contributed by atoms with E-state index in [0.717, 1.165) is 41.3 Å². The molecule has 2 aromatic carbocycles. The van der Waals surface area contributed by atoms with Crippen molar-refractivity contribution in [2.75, 3.05) is 7.11 Å². The first kappa shape index (κ1) is 24.7. The summed E-state index contributed by atoms with van der Waals surface area (Å²) in [5.74, 6) is 0.490. The molecule has 0 aliphatic carbocycles. The lowest BCUT2D eigenvalue weighted by Crippen LogP contribution is -2.41. The summed E-state index contributed by atoms with van der Waals surface area (Å²) >= 11 is 0. The first-order valence-corrected chi connectivity index (χ1v) is 11.7. The average Bonchev–Trinajstić information content (AvgIpc) is 2.77. The van der Waals surface area contributed by atoms with Crippen LogP contribution in [0.5, 0.6) is 5.75 Å². The summed E-state index contributed by atoms with van der Waals surface area (Å²) in [6, 6.07) is 11.3. The molecule has 0 aliphatic heterocycles. The van der Waals surface area contributed by atoms with Crippen molar-refractivity contribution in [3.8, 4) is 16.9 Å². The van der Waals surface area contributed by atoms with Gasteiger partial charge in [-0.2, -0.15) is 13.2 Å². The number of hydrogen-bond donors (Lipinski definition) is 1. The second kappa shape index (κ2) is 9.15. The molecule has 0 saturated carbocycles. The highest BCUT2D eigenvalue weighted by Crippen LogP contribution is 2.36. The molecular weight excluding hydrogens is 453 g/mol. The van der Waals surface area contributed by atoms with E-state index in [2.05, 4.69) is 9.71 Å². The topological polar surface area (TPSA) is 68.3 Å². The standard InChI is InChI=1S/C24H25F3N2O3S/c1-5-16-15-28-11-10-20(16)17-12-18(14-19(13-17)32-4)23(2,3)29-33(30,31)22-9-7-6-8-21(22)24(25,26)27/h6-15,29H,5H2,1-4H3. The molecule has 5 nitrogen and oxygen atoms in total. The van der Waals surface area contributed by atoms with E-state index in [1.165, 1.54) is 13.2 Å². The zero-order valence-corrected chi connectivity index (χ0v) is 19.5. The number of aromatic nitrogens is 1. The molecule has 0 fully saturated rings. The minimum Gasteiger partial charge on any atom is -0.497 e. The van der Waals surface area contributed by atoms with Crippen LogP contribution in [0.4, 0.5) is 13.2 Å². The van der Waals surface area contributed by atoms with Gasteiger partial charge in [0, 0.05) is 12.4 Å². The normalized spacial score (nSPS) is 12.6. The number of rotatable bonds is 7. The maximum Gasteiger partial charge on any atom is 0.417 e. The SMILES string of the molecule is CCc1cnccc1-c1cc(OC)cc(C(C)(C)NS(=O)(=O)c2ccccc2C(F)(F)F)c1. The Balaban J connectivity index is 2.08. The fourth-order valence-electron chi connectivity index (χ4n) is 3.61. The molecule has 0 aliphatic rings. The van der Waals surface area contributed by atoms with Crippen LogP contribution < -0.4 is 9.46 Å². The number of nitrogens with zero attached hydrogens (tertiary/aromatic N) is 1. The van der Waals surface area contributed by atoms with Gasteiger partial charge in [-0.1, -0.05) is 19.1 Å². The summed E-state index contributed by atoms with van der Waals surface area (Å²) in [4.78, 5) is 3.33. The van der Waals surface area contributed by atoms with Crippen LogP contribution >= 0.6 is 0 Å². The number of aryl methyl sites for hydroxylation is 1. The number of pyridine rings is 1. The lowest BCUT2D eigenvalue weighted by Gasteiger charge is -2.28. The molecule has 1 aromatic heterocycles. The molecule has 0 radical (unpaired) electrons. The monoisotopic (exact) mass is 478 g/mol. The Morgan fingerprint density at radius 1 is 1.06 bits per heavy atom. The van der Waals surface area contributed by atoms with Gasteiger partial charge in [0.05, 0.1) is 23.1 Å². The van der Waals surface area contributed by atoms with Crippen molar-refractivity contribution in [2.45, 2.75) is 43.8 Å². The predicted octanol–water partition coefficient (Wildman–Crippen LogP) is 5.55. The van der Waals surface area contributed by atoms with Crippen LogP contribution in [0.1, 0.15) is 37.5 Å². The molecule has 3 rings (SSSR count). The fourth-order valence-corrected chi connectivity index (χ4v) is 5.24. The Bertz CT molecular complexity index is 1260. The first-order valence-electron chi connectivity index (χ1n) is 10.2. The van der Waals surface area contributed by atoms with Gasteiger partial charge in [-0.15, -0.1) is 0 Å². The molecule has 176 valence electrons. The average molecular weight is 479 g/mol. The highest BCUT2D eigenvalue weighted by Gasteiger charge is 2.38. The number of ether oxygens (including phenoxy) is 1. The highest BCUT2D eigenvalue weighted by molar-refractivity contribution is 7.89. The second-order valence-corrected chi connectivity index (χ2v) is 9.71. The van der Waals surface area contributed by atoms with E-state index in [9.17, 15) is 21.6 Å². The Labute approximate surface area is 191 Å². The number of benzene rings is 2. The molecule has 0 atom stereocenters. The molecule has 9 heteroatoms. The Morgan fingerprint density at radius 2 is 1.76 bits per heavy atom. The van der Waals surface area contributed by atoms with E-state index in [-0.39, 0.29) is 0 Å². The van der Waals surface area contributed by atoms with Gasteiger partial charge in [0.2, 0.25) is 10.0 Å². The summed E-state index contributed by atoms with van der Waals surface area (Å²) in [6.45, 7) is 5.18. The van der Waals surface area contributed by atoms with Crippen molar-refractivity contribution in [1.29, 1.82) is 0 Å². The van der Waals surface area contributed by atoms with Gasteiger partial charge in [-0.3, -0.25) is 4.98 Å². The molecule has 0 saturated heterocycles. The van der Waals surface area contributed by atoms with Crippen molar-refractivity contribution in [1.82, 2.24) is 9.71 Å². The molecule has 0 spiro atoms. The predicted molar refractivity (Wildman–Crippen MR) is 120 cm³/mol. The second-order valence-electron chi connectivity index (χ2n) is 8.06. The van der Waals surface area contributed by atoms with E-state index >= 15 is 0 Å². The minimum absolute atomic E-state index is 0.490. The number of nitrogens with one attached hydrogen (secondary N) is 1. The molecule has 0 unspecified atom stereocenters. The van der Waals surface area contributed by atoms with Crippen LogP contribution in [0, 0.1) is 0 Å². The van der Waals surface area contributed by atoms with Gasteiger partial charge in [0.1, 0.15) is 5.75 Å². The van der Waals surface area contributed by atoms with E-state index in [0.29, 0.717) is 11.3 Å². The van der Waals surface area contributed by atoms with E-state index in [4.69, 9.17) is 4.74 Å². The van der Waals surface area contributed by atoms with Crippen molar-refractivity contribution in [3.63, 3.8) is 0 Å². The maximum absolute atomic E-state index is 13.4. The van der Waals surface area contributed by atoms with E-state index in [1.807, 2.05) is 19.1 Å². The Kier molecular flexibility index (Phi) is 6.85. The number of halogens is 3. The Hall–Kier alpha value is -2.91. The van der Waals surface area contributed by atoms with Crippen LogP contribution in [-0.4, -0.2) is 20.5 Å². The summed E-state index contributed by atoms with van der Waals surface area (Å²) in [7, 11) is -3.02. The molecule has 3 aromatic rings. The quantitative estimate of drug-likeness (QED) is 0.483. The third kappa shape index (κ3) is 5.36. The number of sulfonamides is 1. The van der Waals surface area contributed by atoms with Crippen molar-refractivity contribution < 1.29 is 26.3 Å². The first-order chi connectivity index (χ1) is 15.4. The molecule has 33 heavy (non-hydrogen) atoms. The highest BCUT2D eigenvalue weighted by atomic mass is 32.2. The van der Waals surface area contributed by atoms with Crippen LogP contribution in [0.25, 0.3) is 11.1 Å². The van der Waals surface area contributed by atoms with Crippen LogP contribution in [0.15, 0.2) is 65.8 Å². The van der Waals surface area contributed by atoms with Crippen molar-refractivity contribution in [3.05, 3.63) is 77.6 Å². The molecule has 0 amide bonds. The van der Waals surface area contributed by atoms with Crippen molar-refractivity contribution >= 4 is 10.0 Å². The zero-order chi connectivity index (χ0) is 24.4. The van der Waals surface area contributed by atoms with Crippen molar-refractivity contribution in [2.24, 2.45) is 0 Å². The summed E-state index contributed by atoms with van der Waals surface area (Å²) in [6.07, 6.45) is -0.650. The van der Waals surface area contributed by atoms with Gasteiger partial charge in [-0.05, 0) is 78.9 Å². The summed E-state index contributed by atoms with van der Waals surface area (Å²) in [5, 5.41) is 0. The zero-order valence-electron chi connectivity index (χ0n) is 18.7.